The lowest BCUT2D eigenvalue weighted by Crippen LogP contribution is -2.43. The van der Waals surface area contributed by atoms with Gasteiger partial charge in [0.1, 0.15) is 0 Å². The molecule has 0 saturated carbocycles. The van der Waals surface area contributed by atoms with Crippen LogP contribution in [-0.2, 0) is 4.74 Å². The van der Waals surface area contributed by atoms with Crippen molar-refractivity contribution in [2.45, 2.75) is 34.6 Å². The van der Waals surface area contributed by atoms with E-state index in [1.807, 2.05) is 0 Å². The Morgan fingerprint density at radius 1 is 1.29 bits per heavy atom. The van der Waals surface area contributed by atoms with Gasteiger partial charge >= 0.3 is 0 Å². The number of rotatable bonds is 10. The monoisotopic (exact) mass is 244 g/mol. The molecule has 0 aromatic carbocycles. The molecule has 0 rings (SSSR count). The second-order valence-electron chi connectivity index (χ2n) is 6.07. The number of ether oxygens (including phenoxy) is 1. The molecule has 0 aliphatic carbocycles. The zero-order valence-corrected chi connectivity index (χ0v) is 12.7. The topological polar surface area (TPSA) is 24.5 Å². The molecule has 0 saturated heterocycles. The lowest BCUT2D eigenvalue weighted by Gasteiger charge is -2.33. The Kier molecular flexibility index (Phi) is 8.83. The van der Waals surface area contributed by atoms with E-state index in [9.17, 15) is 0 Å². The Morgan fingerprint density at radius 3 is 2.41 bits per heavy atom. The first-order chi connectivity index (χ1) is 7.91. The molecule has 3 heteroatoms. The highest BCUT2D eigenvalue weighted by Crippen LogP contribution is 2.16. The highest BCUT2D eigenvalue weighted by Gasteiger charge is 2.21. The van der Waals surface area contributed by atoms with Gasteiger partial charge in [-0.25, -0.2) is 0 Å². The van der Waals surface area contributed by atoms with Gasteiger partial charge in [0.2, 0.25) is 0 Å². The van der Waals surface area contributed by atoms with E-state index in [0.29, 0.717) is 11.3 Å². The molecule has 1 N–H and O–H groups in total. The van der Waals surface area contributed by atoms with E-state index in [4.69, 9.17) is 4.74 Å². The predicted octanol–water partition coefficient (Wildman–Crippen LogP) is 2.23. The second-order valence-corrected chi connectivity index (χ2v) is 6.07. The van der Waals surface area contributed by atoms with E-state index in [2.05, 4.69) is 44.8 Å². The van der Waals surface area contributed by atoms with Crippen LogP contribution in [0.1, 0.15) is 34.6 Å². The van der Waals surface area contributed by atoms with Crippen molar-refractivity contribution in [3.8, 4) is 0 Å². The molecule has 0 bridgehead atoms. The minimum Gasteiger partial charge on any atom is -0.383 e. The van der Waals surface area contributed by atoms with E-state index in [1.54, 1.807) is 7.11 Å². The van der Waals surface area contributed by atoms with Crippen molar-refractivity contribution in [2.24, 2.45) is 11.3 Å². The summed E-state index contributed by atoms with van der Waals surface area (Å²) in [5.41, 5.74) is 0.318. The molecule has 3 nitrogen and oxygen atoms in total. The standard InChI is InChI=1S/C14H32N2O/c1-7-15-11-14(4,5)12-16(8-9-17-6)10-13(2)3/h13,15H,7-12H2,1-6H3. The summed E-state index contributed by atoms with van der Waals surface area (Å²) in [5.74, 6) is 0.710. The van der Waals surface area contributed by atoms with Crippen molar-refractivity contribution in [2.75, 3.05) is 46.4 Å². The molecular weight excluding hydrogens is 212 g/mol. The summed E-state index contributed by atoms with van der Waals surface area (Å²) in [6, 6.07) is 0. The zero-order valence-electron chi connectivity index (χ0n) is 12.7. The summed E-state index contributed by atoms with van der Waals surface area (Å²) in [7, 11) is 1.78. The van der Waals surface area contributed by atoms with E-state index in [-0.39, 0.29) is 0 Å². The largest absolute Gasteiger partial charge is 0.383 e. The van der Waals surface area contributed by atoms with Crippen LogP contribution in [0.4, 0.5) is 0 Å². The summed E-state index contributed by atoms with van der Waals surface area (Å²) < 4.78 is 5.19. The third kappa shape index (κ3) is 9.57. The van der Waals surface area contributed by atoms with Crippen molar-refractivity contribution in [3.63, 3.8) is 0 Å². The Labute approximate surface area is 108 Å². The average Bonchev–Trinajstić information content (AvgIpc) is 2.22. The van der Waals surface area contributed by atoms with Gasteiger partial charge in [-0.3, -0.25) is 0 Å². The highest BCUT2D eigenvalue weighted by molar-refractivity contribution is 4.76. The number of nitrogens with one attached hydrogen (secondary N) is 1. The smallest absolute Gasteiger partial charge is 0.0589 e. The molecule has 17 heavy (non-hydrogen) atoms. The SMILES string of the molecule is CCNCC(C)(C)CN(CCOC)CC(C)C. The zero-order chi connectivity index (χ0) is 13.3. The van der Waals surface area contributed by atoms with Crippen LogP contribution in [0.5, 0.6) is 0 Å². The fourth-order valence-electron chi connectivity index (χ4n) is 2.10. The van der Waals surface area contributed by atoms with Gasteiger partial charge in [-0.1, -0.05) is 34.6 Å². The van der Waals surface area contributed by atoms with Gasteiger partial charge in [-0.15, -0.1) is 0 Å². The first-order valence-electron chi connectivity index (χ1n) is 6.83. The van der Waals surface area contributed by atoms with Crippen LogP contribution in [0.3, 0.4) is 0 Å². The molecule has 0 heterocycles. The summed E-state index contributed by atoms with van der Waals surface area (Å²) >= 11 is 0. The lowest BCUT2D eigenvalue weighted by molar-refractivity contribution is 0.109. The maximum absolute atomic E-state index is 5.19. The lowest BCUT2D eigenvalue weighted by atomic mass is 9.92. The van der Waals surface area contributed by atoms with Crippen molar-refractivity contribution in [3.05, 3.63) is 0 Å². The Balaban J connectivity index is 4.18. The molecule has 0 amide bonds. The Hall–Kier alpha value is -0.120. The van der Waals surface area contributed by atoms with Gasteiger partial charge in [-0.2, -0.15) is 0 Å². The molecule has 0 aromatic heterocycles. The molecular formula is C14H32N2O. The summed E-state index contributed by atoms with van der Waals surface area (Å²) in [6.45, 7) is 17.6. The van der Waals surface area contributed by atoms with Crippen LogP contribution in [0.2, 0.25) is 0 Å². The maximum atomic E-state index is 5.19. The van der Waals surface area contributed by atoms with E-state index in [1.165, 1.54) is 0 Å². The summed E-state index contributed by atoms with van der Waals surface area (Å²) in [4.78, 5) is 2.52. The van der Waals surface area contributed by atoms with E-state index < -0.39 is 0 Å². The van der Waals surface area contributed by atoms with Crippen molar-refractivity contribution in [1.29, 1.82) is 0 Å². The molecule has 0 fully saturated rings. The van der Waals surface area contributed by atoms with Crippen molar-refractivity contribution < 1.29 is 4.74 Å². The van der Waals surface area contributed by atoms with Crippen LogP contribution >= 0.6 is 0 Å². The van der Waals surface area contributed by atoms with E-state index in [0.717, 1.165) is 39.3 Å². The normalized spacial score (nSPS) is 12.7. The van der Waals surface area contributed by atoms with Gasteiger partial charge in [0.05, 0.1) is 6.61 Å². The van der Waals surface area contributed by atoms with Crippen LogP contribution < -0.4 is 5.32 Å². The Bertz CT molecular complexity index is 181. The number of hydrogen-bond donors (Lipinski definition) is 1. The van der Waals surface area contributed by atoms with Crippen molar-refractivity contribution >= 4 is 0 Å². The number of nitrogens with zero attached hydrogens (tertiary/aromatic N) is 1. The molecule has 0 radical (unpaired) electrons. The fourth-order valence-corrected chi connectivity index (χ4v) is 2.10. The molecule has 0 atom stereocenters. The summed E-state index contributed by atoms with van der Waals surface area (Å²) in [6.07, 6.45) is 0. The minimum atomic E-state index is 0.318. The average molecular weight is 244 g/mol. The first-order valence-corrected chi connectivity index (χ1v) is 6.83. The maximum Gasteiger partial charge on any atom is 0.0589 e. The fraction of sp³-hybridized carbons (Fsp3) is 1.00. The summed E-state index contributed by atoms with van der Waals surface area (Å²) in [5, 5.41) is 3.45. The van der Waals surface area contributed by atoms with Crippen molar-refractivity contribution in [1.82, 2.24) is 10.2 Å². The van der Waals surface area contributed by atoms with Gasteiger partial charge in [-0.05, 0) is 17.9 Å². The van der Waals surface area contributed by atoms with E-state index >= 15 is 0 Å². The quantitative estimate of drug-likeness (QED) is 0.638. The molecule has 0 spiro atoms. The van der Waals surface area contributed by atoms with Gasteiger partial charge in [0, 0.05) is 33.3 Å². The van der Waals surface area contributed by atoms with Crippen LogP contribution in [-0.4, -0.2) is 51.3 Å². The first kappa shape index (κ1) is 16.9. The molecule has 0 unspecified atom stereocenters. The molecule has 0 aliphatic heterocycles. The molecule has 0 aliphatic rings. The van der Waals surface area contributed by atoms with Crippen LogP contribution in [0.15, 0.2) is 0 Å². The second kappa shape index (κ2) is 8.90. The molecule has 104 valence electrons. The predicted molar refractivity (Wildman–Crippen MR) is 75.5 cm³/mol. The number of methoxy groups -OCH3 is 1. The van der Waals surface area contributed by atoms with Gasteiger partial charge in [0.15, 0.2) is 0 Å². The minimum absolute atomic E-state index is 0.318. The van der Waals surface area contributed by atoms with Gasteiger partial charge < -0.3 is 15.0 Å². The Morgan fingerprint density at radius 2 is 1.94 bits per heavy atom. The third-order valence-electron chi connectivity index (χ3n) is 2.74. The van der Waals surface area contributed by atoms with Crippen LogP contribution in [0, 0.1) is 11.3 Å². The van der Waals surface area contributed by atoms with Gasteiger partial charge in [0.25, 0.3) is 0 Å². The molecule has 0 aromatic rings. The highest BCUT2D eigenvalue weighted by atomic mass is 16.5. The van der Waals surface area contributed by atoms with Crippen LogP contribution in [0.25, 0.3) is 0 Å². The third-order valence-corrected chi connectivity index (χ3v) is 2.74. The number of hydrogen-bond acceptors (Lipinski definition) is 3.